The van der Waals surface area contributed by atoms with Crippen molar-refractivity contribution in [1.29, 1.82) is 0 Å². The second kappa shape index (κ2) is 7.05. The number of hydrogen-bond donors (Lipinski definition) is 0. The molecule has 1 aromatic carbocycles. The lowest BCUT2D eigenvalue weighted by atomic mass is 10.1. The smallest absolute Gasteiger partial charge is 0.272 e. The molecule has 3 rings (SSSR count). The number of tetrazole rings is 1. The Balaban J connectivity index is 1.68. The van der Waals surface area contributed by atoms with Crippen LogP contribution in [0.1, 0.15) is 24.0 Å². The summed E-state index contributed by atoms with van der Waals surface area (Å²) in [4.78, 5) is 10.6. The molecule has 0 saturated carbocycles. The molecule has 1 saturated heterocycles. The molecule has 0 amide bonds. The number of rotatable bonds is 6. The first-order chi connectivity index (χ1) is 11.1. The van der Waals surface area contributed by atoms with Crippen molar-refractivity contribution in [3.8, 4) is 0 Å². The highest BCUT2D eigenvalue weighted by atomic mass is 32.2. The predicted octanol–water partition coefficient (Wildman–Crippen LogP) is 2.36. The Morgan fingerprint density at radius 1 is 1.52 bits per heavy atom. The van der Waals surface area contributed by atoms with Crippen LogP contribution >= 0.6 is 11.8 Å². The molecule has 9 heteroatoms. The highest BCUT2D eigenvalue weighted by Crippen LogP contribution is 2.27. The molecule has 0 unspecified atom stereocenters. The largest absolute Gasteiger partial charge is 0.376 e. The predicted molar refractivity (Wildman–Crippen MR) is 84.2 cm³/mol. The van der Waals surface area contributed by atoms with Crippen molar-refractivity contribution in [2.45, 2.75) is 43.3 Å². The number of nitrogens with zero attached hydrogens (tertiary/aromatic N) is 5. The Bertz CT molecular complexity index is 699. The quantitative estimate of drug-likeness (QED) is 0.454. The first kappa shape index (κ1) is 15.9. The summed E-state index contributed by atoms with van der Waals surface area (Å²) in [6.45, 7) is 3.20. The van der Waals surface area contributed by atoms with E-state index in [0.717, 1.165) is 25.0 Å². The van der Waals surface area contributed by atoms with Gasteiger partial charge in [-0.3, -0.25) is 10.1 Å². The van der Waals surface area contributed by atoms with E-state index in [2.05, 4.69) is 15.5 Å². The Morgan fingerprint density at radius 3 is 3.13 bits per heavy atom. The van der Waals surface area contributed by atoms with Crippen LogP contribution in [0.15, 0.2) is 23.4 Å². The van der Waals surface area contributed by atoms with Crippen molar-refractivity contribution >= 4 is 17.4 Å². The molecule has 1 aliphatic rings. The topological polar surface area (TPSA) is 96.0 Å². The van der Waals surface area contributed by atoms with Gasteiger partial charge in [-0.25, -0.2) is 4.68 Å². The lowest BCUT2D eigenvalue weighted by Gasteiger charge is -2.10. The van der Waals surface area contributed by atoms with Crippen molar-refractivity contribution in [3.05, 3.63) is 39.4 Å². The number of thioether (sulfide) groups is 1. The highest BCUT2D eigenvalue weighted by Gasteiger charge is 2.19. The molecule has 1 atom stereocenters. The van der Waals surface area contributed by atoms with Crippen molar-refractivity contribution in [2.24, 2.45) is 0 Å². The maximum atomic E-state index is 11.0. The second-order valence-electron chi connectivity index (χ2n) is 5.39. The van der Waals surface area contributed by atoms with Gasteiger partial charge in [0.1, 0.15) is 0 Å². The van der Waals surface area contributed by atoms with Gasteiger partial charge in [-0.1, -0.05) is 23.9 Å². The summed E-state index contributed by atoms with van der Waals surface area (Å²) >= 11 is 1.47. The van der Waals surface area contributed by atoms with Crippen LogP contribution < -0.4 is 0 Å². The van der Waals surface area contributed by atoms with Crippen molar-refractivity contribution in [3.63, 3.8) is 0 Å². The van der Waals surface area contributed by atoms with E-state index in [4.69, 9.17) is 4.74 Å². The minimum Gasteiger partial charge on any atom is -0.376 e. The Hall–Kier alpha value is -2.00. The van der Waals surface area contributed by atoms with Crippen LogP contribution in [-0.4, -0.2) is 37.8 Å². The summed E-state index contributed by atoms with van der Waals surface area (Å²) in [5, 5.41) is 23.5. The summed E-state index contributed by atoms with van der Waals surface area (Å²) in [6.07, 6.45) is 2.26. The van der Waals surface area contributed by atoms with E-state index in [1.807, 2.05) is 6.07 Å². The van der Waals surface area contributed by atoms with Gasteiger partial charge in [-0.2, -0.15) is 0 Å². The van der Waals surface area contributed by atoms with E-state index in [1.54, 1.807) is 17.7 Å². The van der Waals surface area contributed by atoms with Gasteiger partial charge in [-0.15, -0.1) is 5.10 Å². The molecule has 122 valence electrons. The maximum absolute atomic E-state index is 11.0. The van der Waals surface area contributed by atoms with Crippen molar-refractivity contribution < 1.29 is 9.66 Å². The summed E-state index contributed by atoms with van der Waals surface area (Å²) in [6, 6.07) is 5.12. The van der Waals surface area contributed by atoms with Gasteiger partial charge >= 0.3 is 0 Å². The van der Waals surface area contributed by atoms with Crippen LogP contribution in [0.2, 0.25) is 0 Å². The Kier molecular flexibility index (Phi) is 4.87. The van der Waals surface area contributed by atoms with Crippen LogP contribution in [-0.2, 0) is 17.0 Å². The van der Waals surface area contributed by atoms with E-state index in [9.17, 15) is 10.1 Å². The van der Waals surface area contributed by atoms with Crippen LogP contribution in [0.25, 0.3) is 0 Å². The van der Waals surface area contributed by atoms with Gasteiger partial charge in [0.05, 0.1) is 17.6 Å². The van der Waals surface area contributed by atoms with Crippen LogP contribution in [0.4, 0.5) is 5.69 Å². The number of aromatic nitrogens is 4. The number of hydrogen-bond acceptors (Lipinski definition) is 7. The van der Waals surface area contributed by atoms with Gasteiger partial charge in [0.15, 0.2) is 0 Å². The minimum absolute atomic E-state index is 0.141. The maximum Gasteiger partial charge on any atom is 0.272 e. The number of benzene rings is 1. The number of nitro groups is 1. The Morgan fingerprint density at radius 2 is 2.39 bits per heavy atom. The highest BCUT2D eigenvalue weighted by molar-refractivity contribution is 7.98. The molecule has 1 aromatic heterocycles. The van der Waals surface area contributed by atoms with E-state index >= 15 is 0 Å². The number of ether oxygens (including phenoxy) is 1. The summed E-state index contributed by atoms with van der Waals surface area (Å²) in [5.41, 5.74) is 1.74. The van der Waals surface area contributed by atoms with E-state index in [0.29, 0.717) is 23.0 Å². The third kappa shape index (κ3) is 3.67. The SMILES string of the molecule is Cc1c(CSc2nnnn2C[C@H]2CCCO2)cccc1[N+](=O)[O-]. The third-order valence-electron chi connectivity index (χ3n) is 3.87. The molecule has 1 aliphatic heterocycles. The monoisotopic (exact) mass is 335 g/mol. The molecule has 2 heterocycles. The molecule has 23 heavy (non-hydrogen) atoms. The van der Waals surface area contributed by atoms with Crippen LogP contribution in [0.3, 0.4) is 0 Å². The van der Waals surface area contributed by atoms with Gasteiger partial charge in [0.2, 0.25) is 5.16 Å². The fraction of sp³-hybridized carbons (Fsp3) is 0.500. The summed E-state index contributed by atoms with van der Waals surface area (Å²) < 4.78 is 7.35. The zero-order chi connectivity index (χ0) is 16.2. The molecular formula is C14H17N5O3S. The fourth-order valence-corrected chi connectivity index (χ4v) is 3.51. The standard InChI is InChI=1S/C14H17N5O3S/c1-10-11(4-2-6-13(10)19(20)21)9-23-14-15-16-17-18(14)8-12-5-3-7-22-12/h2,4,6,12H,3,5,7-9H2,1H3/t12-/m1/s1. The molecule has 0 bridgehead atoms. The van der Waals surface area contributed by atoms with Crippen molar-refractivity contribution in [2.75, 3.05) is 6.61 Å². The Labute approximate surface area is 137 Å². The van der Waals surface area contributed by atoms with E-state index in [1.165, 1.54) is 17.8 Å². The third-order valence-corrected chi connectivity index (χ3v) is 4.88. The minimum atomic E-state index is -0.356. The zero-order valence-electron chi connectivity index (χ0n) is 12.7. The molecule has 0 radical (unpaired) electrons. The molecule has 2 aromatic rings. The van der Waals surface area contributed by atoms with E-state index in [-0.39, 0.29) is 16.7 Å². The van der Waals surface area contributed by atoms with Gasteiger partial charge < -0.3 is 4.74 Å². The molecular weight excluding hydrogens is 318 g/mol. The van der Waals surface area contributed by atoms with Crippen LogP contribution in [0, 0.1) is 17.0 Å². The molecule has 0 aliphatic carbocycles. The van der Waals surface area contributed by atoms with Gasteiger partial charge in [0, 0.05) is 24.0 Å². The van der Waals surface area contributed by atoms with Crippen LogP contribution in [0.5, 0.6) is 0 Å². The second-order valence-corrected chi connectivity index (χ2v) is 6.33. The lowest BCUT2D eigenvalue weighted by Crippen LogP contribution is -2.16. The first-order valence-corrected chi connectivity index (χ1v) is 8.37. The zero-order valence-corrected chi connectivity index (χ0v) is 13.5. The average Bonchev–Trinajstić information content (AvgIpc) is 3.18. The normalized spacial score (nSPS) is 17.5. The summed E-state index contributed by atoms with van der Waals surface area (Å²) in [5.74, 6) is 0.583. The fourth-order valence-electron chi connectivity index (χ4n) is 2.56. The molecule has 1 fully saturated rings. The first-order valence-electron chi connectivity index (χ1n) is 7.38. The molecule has 0 N–H and O–H groups in total. The van der Waals surface area contributed by atoms with Gasteiger partial charge in [-0.05, 0) is 35.8 Å². The molecule has 8 nitrogen and oxygen atoms in total. The lowest BCUT2D eigenvalue weighted by molar-refractivity contribution is -0.385. The number of nitro benzene ring substituents is 1. The van der Waals surface area contributed by atoms with Crippen molar-refractivity contribution in [1.82, 2.24) is 20.2 Å². The van der Waals surface area contributed by atoms with E-state index < -0.39 is 0 Å². The summed E-state index contributed by atoms with van der Waals surface area (Å²) in [7, 11) is 0. The molecule has 0 spiro atoms. The van der Waals surface area contributed by atoms with Gasteiger partial charge in [0.25, 0.3) is 5.69 Å². The average molecular weight is 335 g/mol.